The Morgan fingerprint density at radius 1 is 0.921 bits per heavy atom. The van der Waals surface area contributed by atoms with Crippen LogP contribution in [0.1, 0.15) is 16.7 Å². The molecule has 4 aromatic rings. The van der Waals surface area contributed by atoms with Gasteiger partial charge in [-0.15, -0.1) is 0 Å². The maximum atomic E-state index is 14.7. The Hall–Kier alpha value is -4.52. The van der Waals surface area contributed by atoms with E-state index in [9.17, 15) is 31.9 Å². The largest absolute Gasteiger partial charge is 0.376 e. The van der Waals surface area contributed by atoms with Gasteiger partial charge in [-0.05, 0) is 29.8 Å². The van der Waals surface area contributed by atoms with Crippen LogP contribution in [0.4, 0.5) is 23.5 Å². The minimum atomic E-state index is -1.68. The minimum absolute atomic E-state index is 0.0356. The van der Waals surface area contributed by atoms with Crippen molar-refractivity contribution in [1.82, 2.24) is 19.1 Å². The maximum Gasteiger partial charge on any atom is 0.355 e. The maximum absolute atomic E-state index is 14.7. The Bertz CT molecular complexity index is 1690. The number of halogens is 4. The van der Waals surface area contributed by atoms with Crippen molar-refractivity contribution in [2.24, 2.45) is 0 Å². The molecule has 3 heterocycles. The Morgan fingerprint density at radius 2 is 1.63 bits per heavy atom. The van der Waals surface area contributed by atoms with Crippen LogP contribution in [0.15, 0.2) is 69.1 Å². The monoisotopic (exact) mass is 529 g/mol. The molecule has 0 spiro atoms. The molecule has 2 N–H and O–H groups in total. The molecule has 1 fully saturated rings. The molecule has 5 rings (SSSR count). The number of aromatic amines is 1. The van der Waals surface area contributed by atoms with Crippen molar-refractivity contribution < 1.29 is 22.3 Å². The van der Waals surface area contributed by atoms with Crippen molar-refractivity contribution in [2.45, 2.75) is 18.6 Å². The SMILES string of the molecule is O=c1[nH]cccc1Cn1c(=O)nc(NC2(c3ccccc3F)COC2)n(Cc2cc(F)c(F)c(F)c2)c1=O. The summed E-state index contributed by atoms with van der Waals surface area (Å²) in [6, 6.07) is 10.1. The van der Waals surface area contributed by atoms with Crippen molar-refractivity contribution in [2.75, 3.05) is 18.5 Å². The lowest BCUT2D eigenvalue weighted by atomic mass is 9.87. The van der Waals surface area contributed by atoms with Gasteiger partial charge in [0, 0.05) is 17.3 Å². The van der Waals surface area contributed by atoms with E-state index in [0.717, 1.165) is 4.57 Å². The van der Waals surface area contributed by atoms with E-state index < -0.39 is 58.8 Å². The van der Waals surface area contributed by atoms with Crippen molar-refractivity contribution in [3.8, 4) is 0 Å². The molecule has 13 heteroatoms. The van der Waals surface area contributed by atoms with Gasteiger partial charge in [0.15, 0.2) is 17.5 Å². The number of benzene rings is 2. The molecule has 0 unspecified atom stereocenters. The van der Waals surface area contributed by atoms with Crippen LogP contribution < -0.4 is 22.3 Å². The molecule has 196 valence electrons. The number of ether oxygens (including phenoxy) is 1. The second-order valence-electron chi connectivity index (χ2n) is 8.75. The average molecular weight is 529 g/mol. The average Bonchev–Trinajstić information content (AvgIpc) is 2.86. The Labute approximate surface area is 211 Å². The third-order valence-electron chi connectivity index (χ3n) is 6.20. The van der Waals surface area contributed by atoms with Crippen molar-refractivity contribution in [3.63, 3.8) is 0 Å². The van der Waals surface area contributed by atoms with Crippen LogP contribution in [0.3, 0.4) is 0 Å². The number of H-pyrrole nitrogens is 1. The fraction of sp³-hybridized carbons (Fsp3) is 0.200. The molecule has 0 amide bonds. The van der Waals surface area contributed by atoms with Crippen molar-refractivity contribution in [3.05, 3.63) is 126 Å². The number of hydrogen-bond donors (Lipinski definition) is 2. The van der Waals surface area contributed by atoms with Crippen LogP contribution in [0.25, 0.3) is 0 Å². The molecule has 1 saturated heterocycles. The molecule has 1 aliphatic rings. The Kier molecular flexibility index (Phi) is 6.45. The summed E-state index contributed by atoms with van der Waals surface area (Å²) in [4.78, 5) is 45.0. The first-order valence-corrected chi connectivity index (χ1v) is 11.3. The highest BCUT2D eigenvalue weighted by Gasteiger charge is 2.43. The highest BCUT2D eigenvalue weighted by Crippen LogP contribution is 2.34. The predicted molar refractivity (Wildman–Crippen MR) is 127 cm³/mol. The number of anilines is 1. The van der Waals surface area contributed by atoms with Gasteiger partial charge in [-0.25, -0.2) is 31.7 Å². The number of hydrogen-bond acceptors (Lipinski definition) is 6. The smallest absolute Gasteiger partial charge is 0.355 e. The lowest BCUT2D eigenvalue weighted by Gasteiger charge is -2.43. The van der Waals surface area contributed by atoms with E-state index in [4.69, 9.17) is 4.74 Å². The van der Waals surface area contributed by atoms with E-state index in [1.54, 1.807) is 6.07 Å². The molecule has 1 aliphatic heterocycles. The van der Waals surface area contributed by atoms with Gasteiger partial charge in [-0.2, -0.15) is 4.98 Å². The second-order valence-corrected chi connectivity index (χ2v) is 8.75. The van der Waals surface area contributed by atoms with Crippen LogP contribution in [0.5, 0.6) is 0 Å². The first kappa shape index (κ1) is 25.1. The predicted octanol–water partition coefficient (Wildman–Crippen LogP) is 2.08. The summed E-state index contributed by atoms with van der Waals surface area (Å²) >= 11 is 0. The fourth-order valence-electron chi connectivity index (χ4n) is 4.20. The lowest BCUT2D eigenvalue weighted by molar-refractivity contribution is -0.0468. The third kappa shape index (κ3) is 4.52. The first-order valence-electron chi connectivity index (χ1n) is 11.3. The lowest BCUT2D eigenvalue weighted by Crippen LogP contribution is -2.55. The molecule has 0 radical (unpaired) electrons. The molecule has 9 nitrogen and oxygen atoms in total. The molecule has 2 aromatic carbocycles. The van der Waals surface area contributed by atoms with E-state index in [1.165, 1.54) is 36.5 Å². The van der Waals surface area contributed by atoms with Crippen molar-refractivity contribution >= 4 is 5.95 Å². The molecule has 0 saturated carbocycles. The summed E-state index contributed by atoms with van der Waals surface area (Å²) < 4.78 is 62.9. The van der Waals surface area contributed by atoms with Gasteiger partial charge in [0.1, 0.15) is 11.4 Å². The highest BCUT2D eigenvalue weighted by atomic mass is 19.2. The molecule has 0 bridgehead atoms. The zero-order valence-electron chi connectivity index (χ0n) is 19.5. The third-order valence-corrected chi connectivity index (χ3v) is 6.20. The van der Waals surface area contributed by atoms with Crippen LogP contribution in [0, 0.1) is 23.3 Å². The molecule has 2 aromatic heterocycles. The number of pyridine rings is 1. The number of nitrogens with zero attached hydrogens (tertiary/aromatic N) is 3. The van der Waals surface area contributed by atoms with Gasteiger partial charge in [0.2, 0.25) is 5.95 Å². The summed E-state index contributed by atoms with van der Waals surface area (Å²) in [5.74, 6) is -5.55. The summed E-state index contributed by atoms with van der Waals surface area (Å²) in [7, 11) is 0. The number of rotatable bonds is 7. The minimum Gasteiger partial charge on any atom is -0.376 e. The van der Waals surface area contributed by atoms with E-state index in [-0.39, 0.29) is 35.9 Å². The van der Waals surface area contributed by atoms with Gasteiger partial charge in [0.05, 0.1) is 26.3 Å². The van der Waals surface area contributed by atoms with Crippen LogP contribution in [-0.4, -0.2) is 32.3 Å². The molecule has 0 atom stereocenters. The topological polar surface area (TPSA) is 111 Å². The van der Waals surface area contributed by atoms with E-state index in [1.807, 2.05) is 0 Å². The van der Waals surface area contributed by atoms with E-state index >= 15 is 0 Å². The zero-order chi connectivity index (χ0) is 27.0. The summed E-state index contributed by atoms with van der Waals surface area (Å²) in [5.41, 5.74) is -3.65. The Morgan fingerprint density at radius 3 is 2.26 bits per heavy atom. The molecule has 38 heavy (non-hydrogen) atoms. The van der Waals surface area contributed by atoms with Gasteiger partial charge in [-0.3, -0.25) is 9.36 Å². The van der Waals surface area contributed by atoms with Crippen LogP contribution in [-0.2, 0) is 23.4 Å². The quantitative estimate of drug-likeness (QED) is 0.280. The molecular weight excluding hydrogens is 510 g/mol. The zero-order valence-corrected chi connectivity index (χ0v) is 19.5. The summed E-state index contributed by atoms with van der Waals surface area (Å²) in [6.07, 6.45) is 1.37. The molecule has 0 aliphatic carbocycles. The van der Waals surface area contributed by atoms with E-state index in [0.29, 0.717) is 16.7 Å². The number of aromatic nitrogens is 4. The first-order chi connectivity index (χ1) is 18.2. The normalized spacial score (nSPS) is 14.2. The summed E-state index contributed by atoms with van der Waals surface area (Å²) in [6.45, 7) is -1.06. The van der Waals surface area contributed by atoms with Gasteiger partial charge < -0.3 is 15.0 Å². The Balaban J connectivity index is 1.65. The standard InChI is InChI=1S/C25H19F4N5O4/c26-17-6-2-1-5-16(17)25(12-38-13-25)32-22-31-23(36)34(11-15-4-3-7-30-21(15)35)24(37)33(22)10-14-8-18(27)20(29)19(28)9-14/h1-9H,10-13H2,(H,30,35)(H,31,32,36). The second kappa shape index (κ2) is 9.74. The van der Waals surface area contributed by atoms with Gasteiger partial charge in [-0.1, -0.05) is 24.3 Å². The molecular formula is C25H19F4N5O4. The fourth-order valence-corrected chi connectivity index (χ4v) is 4.20. The van der Waals surface area contributed by atoms with Crippen LogP contribution >= 0.6 is 0 Å². The van der Waals surface area contributed by atoms with Gasteiger partial charge in [0.25, 0.3) is 5.56 Å². The number of nitrogens with one attached hydrogen (secondary N) is 2. The van der Waals surface area contributed by atoms with E-state index in [2.05, 4.69) is 15.3 Å². The highest BCUT2D eigenvalue weighted by molar-refractivity contribution is 5.41. The van der Waals surface area contributed by atoms with Crippen molar-refractivity contribution in [1.29, 1.82) is 0 Å². The summed E-state index contributed by atoms with van der Waals surface area (Å²) in [5, 5.41) is 2.91. The van der Waals surface area contributed by atoms with Crippen LogP contribution in [0.2, 0.25) is 0 Å². The van der Waals surface area contributed by atoms with Gasteiger partial charge >= 0.3 is 11.4 Å².